The zero-order valence-electron chi connectivity index (χ0n) is 11.5. The Morgan fingerprint density at radius 1 is 1.38 bits per heavy atom. The van der Waals surface area contributed by atoms with E-state index in [-0.39, 0.29) is 31.4 Å². The second-order valence-corrected chi connectivity index (χ2v) is 5.40. The molecule has 0 bridgehead atoms. The number of esters is 1. The molecule has 0 saturated carbocycles. The van der Waals surface area contributed by atoms with Crippen LogP contribution in [0.4, 0.5) is 5.69 Å². The molecular weight excluding hydrogens is 340 g/mol. The smallest absolute Gasteiger partial charge is 0.319 e. The Bertz CT molecular complexity index is 559. The Labute approximate surface area is 130 Å². The molecule has 6 nitrogen and oxygen atoms in total. The maximum Gasteiger partial charge on any atom is 0.319 e. The van der Waals surface area contributed by atoms with Gasteiger partial charge in [0.15, 0.2) is 0 Å². The molecule has 1 saturated heterocycles. The molecule has 1 aromatic carbocycles. The zero-order valence-corrected chi connectivity index (χ0v) is 13.1. The fourth-order valence-electron chi connectivity index (χ4n) is 2.07. The van der Waals surface area contributed by atoms with Gasteiger partial charge in [-0.25, -0.2) is 4.90 Å². The summed E-state index contributed by atoms with van der Waals surface area (Å²) >= 11 is 3.30. The lowest BCUT2D eigenvalue weighted by molar-refractivity contribution is -0.142. The highest BCUT2D eigenvalue weighted by atomic mass is 79.9. The average molecular weight is 355 g/mol. The maximum atomic E-state index is 12.3. The molecule has 1 aliphatic heterocycles. The van der Waals surface area contributed by atoms with Crippen LogP contribution in [0.2, 0.25) is 0 Å². The van der Waals surface area contributed by atoms with Crippen molar-refractivity contribution in [1.29, 1.82) is 0 Å². The van der Waals surface area contributed by atoms with Gasteiger partial charge >= 0.3 is 5.97 Å². The molecule has 1 atom stereocenters. The van der Waals surface area contributed by atoms with Crippen LogP contribution in [0.1, 0.15) is 13.3 Å². The van der Waals surface area contributed by atoms with Gasteiger partial charge in [0.05, 0.1) is 31.3 Å². The summed E-state index contributed by atoms with van der Waals surface area (Å²) in [5.74, 6) is -1.09. The molecule has 1 aliphatic rings. The van der Waals surface area contributed by atoms with Crippen molar-refractivity contribution in [3.05, 3.63) is 28.7 Å². The van der Waals surface area contributed by atoms with Gasteiger partial charge in [0.1, 0.15) is 0 Å². The molecule has 1 heterocycles. The molecule has 0 aliphatic carbocycles. The minimum Gasteiger partial charge on any atom is -0.465 e. The van der Waals surface area contributed by atoms with Crippen LogP contribution in [0, 0.1) is 0 Å². The van der Waals surface area contributed by atoms with Crippen LogP contribution in [0.25, 0.3) is 0 Å². The first-order valence-electron chi connectivity index (χ1n) is 6.54. The molecule has 2 rings (SSSR count). The minimum absolute atomic E-state index is 0.0360. The highest BCUT2D eigenvalue weighted by Gasteiger charge is 2.39. The predicted octanol–water partition coefficient (Wildman–Crippen LogP) is 1.23. The summed E-state index contributed by atoms with van der Waals surface area (Å²) in [5.41, 5.74) is 0.522. The normalized spacial score (nSPS) is 18.2. The van der Waals surface area contributed by atoms with Crippen molar-refractivity contribution in [3.8, 4) is 0 Å². The van der Waals surface area contributed by atoms with Gasteiger partial charge in [0, 0.05) is 4.47 Å². The Hall–Kier alpha value is -1.73. The predicted molar refractivity (Wildman–Crippen MR) is 79.7 cm³/mol. The van der Waals surface area contributed by atoms with Crippen molar-refractivity contribution in [3.63, 3.8) is 0 Å². The van der Waals surface area contributed by atoms with E-state index in [9.17, 15) is 14.4 Å². The van der Waals surface area contributed by atoms with Gasteiger partial charge in [-0.2, -0.15) is 0 Å². The first-order chi connectivity index (χ1) is 10.0. The van der Waals surface area contributed by atoms with E-state index >= 15 is 0 Å². The van der Waals surface area contributed by atoms with E-state index < -0.39 is 12.0 Å². The Morgan fingerprint density at radius 3 is 2.67 bits per heavy atom. The number of nitrogens with one attached hydrogen (secondary N) is 1. The number of hydrogen-bond donors (Lipinski definition) is 1. The molecule has 0 unspecified atom stereocenters. The number of benzene rings is 1. The largest absolute Gasteiger partial charge is 0.465 e. The molecule has 1 N–H and O–H groups in total. The molecule has 7 heteroatoms. The van der Waals surface area contributed by atoms with Crippen LogP contribution in [-0.4, -0.2) is 37.0 Å². The van der Waals surface area contributed by atoms with Crippen LogP contribution >= 0.6 is 15.9 Å². The highest BCUT2D eigenvalue weighted by molar-refractivity contribution is 9.10. The van der Waals surface area contributed by atoms with Gasteiger partial charge in [-0.15, -0.1) is 0 Å². The van der Waals surface area contributed by atoms with Gasteiger partial charge in [-0.3, -0.25) is 19.7 Å². The number of imide groups is 1. The fourth-order valence-corrected chi connectivity index (χ4v) is 2.34. The van der Waals surface area contributed by atoms with Crippen molar-refractivity contribution in [1.82, 2.24) is 5.32 Å². The van der Waals surface area contributed by atoms with Gasteiger partial charge in [0.25, 0.3) is 5.91 Å². The van der Waals surface area contributed by atoms with E-state index in [2.05, 4.69) is 21.2 Å². The third-order valence-corrected chi connectivity index (χ3v) is 3.56. The molecule has 2 amide bonds. The molecular formula is C14H15BrN2O4. The lowest BCUT2D eigenvalue weighted by atomic mass is 10.2. The molecule has 0 aromatic heterocycles. The summed E-state index contributed by atoms with van der Waals surface area (Å²) in [4.78, 5) is 36.6. The Balaban J connectivity index is 2.03. The number of hydrogen-bond acceptors (Lipinski definition) is 5. The van der Waals surface area contributed by atoms with E-state index in [1.165, 1.54) is 0 Å². The van der Waals surface area contributed by atoms with E-state index in [1.807, 2.05) is 0 Å². The SMILES string of the molecule is CCOC(=O)CN[C@@H]1CC(=O)N(c2ccc(Br)cc2)C1=O. The van der Waals surface area contributed by atoms with Gasteiger partial charge in [-0.1, -0.05) is 15.9 Å². The first-order valence-corrected chi connectivity index (χ1v) is 7.33. The topological polar surface area (TPSA) is 75.7 Å². The van der Waals surface area contributed by atoms with Crippen LogP contribution in [-0.2, 0) is 19.1 Å². The van der Waals surface area contributed by atoms with E-state index in [1.54, 1.807) is 31.2 Å². The van der Waals surface area contributed by atoms with Gasteiger partial charge < -0.3 is 4.74 Å². The molecule has 0 spiro atoms. The molecule has 0 radical (unpaired) electrons. The van der Waals surface area contributed by atoms with Crippen molar-refractivity contribution in [2.24, 2.45) is 0 Å². The monoisotopic (exact) mass is 354 g/mol. The van der Waals surface area contributed by atoms with Crippen molar-refractivity contribution in [2.45, 2.75) is 19.4 Å². The minimum atomic E-state index is -0.689. The quantitative estimate of drug-likeness (QED) is 0.635. The van der Waals surface area contributed by atoms with Crippen LogP contribution in [0.5, 0.6) is 0 Å². The fraction of sp³-hybridized carbons (Fsp3) is 0.357. The summed E-state index contributed by atoms with van der Waals surface area (Å²) in [5, 5.41) is 2.76. The molecule has 1 fully saturated rings. The summed E-state index contributed by atoms with van der Waals surface area (Å²) in [6.45, 7) is 1.90. The first kappa shape index (κ1) is 15.7. The second kappa shape index (κ2) is 6.82. The van der Waals surface area contributed by atoms with E-state index in [0.29, 0.717) is 5.69 Å². The van der Waals surface area contributed by atoms with Gasteiger partial charge in [-0.05, 0) is 31.2 Å². The zero-order chi connectivity index (χ0) is 15.4. The lowest BCUT2D eigenvalue weighted by Gasteiger charge is -2.15. The highest BCUT2D eigenvalue weighted by Crippen LogP contribution is 2.24. The third-order valence-electron chi connectivity index (χ3n) is 3.03. The summed E-state index contributed by atoms with van der Waals surface area (Å²) in [6, 6.07) is 6.21. The summed E-state index contributed by atoms with van der Waals surface area (Å²) in [7, 11) is 0. The molecule has 1 aromatic rings. The Morgan fingerprint density at radius 2 is 2.05 bits per heavy atom. The number of rotatable bonds is 5. The number of carbonyl (C=O) groups excluding carboxylic acids is 3. The van der Waals surface area contributed by atoms with Crippen LogP contribution < -0.4 is 10.2 Å². The number of halogens is 1. The summed E-state index contributed by atoms with van der Waals surface area (Å²) < 4.78 is 5.64. The van der Waals surface area contributed by atoms with Gasteiger partial charge in [0.2, 0.25) is 5.91 Å². The van der Waals surface area contributed by atoms with Crippen molar-refractivity contribution < 1.29 is 19.1 Å². The number of anilines is 1. The number of ether oxygens (including phenoxy) is 1. The van der Waals surface area contributed by atoms with Crippen LogP contribution in [0.3, 0.4) is 0 Å². The van der Waals surface area contributed by atoms with E-state index in [0.717, 1.165) is 9.37 Å². The number of amides is 2. The lowest BCUT2D eigenvalue weighted by Crippen LogP contribution is -2.41. The van der Waals surface area contributed by atoms with Crippen molar-refractivity contribution >= 4 is 39.4 Å². The summed E-state index contributed by atoms with van der Waals surface area (Å²) in [6.07, 6.45) is 0.0360. The standard InChI is InChI=1S/C14H15BrN2O4/c1-2-21-13(19)8-16-11-7-12(18)17(14(11)20)10-5-3-9(15)4-6-10/h3-6,11,16H,2,7-8H2,1H3/t11-/m1/s1. The number of carbonyl (C=O) groups is 3. The van der Waals surface area contributed by atoms with Crippen LogP contribution in [0.15, 0.2) is 28.7 Å². The maximum absolute atomic E-state index is 12.3. The molecule has 112 valence electrons. The second-order valence-electron chi connectivity index (χ2n) is 4.49. The Kier molecular flexibility index (Phi) is 5.08. The van der Waals surface area contributed by atoms with E-state index in [4.69, 9.17) is 4.74 Å². The number of nitrogens with zero attached hydrogens (tertiary/aromatic N) is 1. The molecule has 21 heavy (non-hydrogen) atoms. The van der Waals surface area contributed by atoms with Crippen molar-refractivity contribution in [2.75, 3.05) is 18.1 Å². The third kappa shape index (κ3) is 3.68. The average Bonchev–Trinajstić information content (AvgIpc) is 2.73.